The second-order valence-electron chi connectivity index (χ2n) is 5.91. The van der Waals surface area contributed by atoms with Crippen molar-refractivity contribution in [1.29, 1.82) is 0 Å². The van der Waals surface area contributed by atoms with E-state index in [9.17, 15) is 9.18 Å². The molecule has 0 bridgehead atoms. The monoisotopic (exact) mass is 356 g/mol. The summed E-state index contributed by atoms with van der Waals surface area (Å²) in [6.45, 7) is 6.13. The van der Waals surface area contributed by atoms with E-state index < -0.39 is 5.91 Å². The smallest absolute Gasteiger partial charge is 0.300 e. The fourth-order valence-corrected chi connectivity index (χ4v) is 3.69. The predicted molar refractivity (Wildman–Crippen MR) is 95.8 cm³/mol. The fraction of sp³-hybridized carbons (Fsp3) is 0.278. The largest absolute Gasteiger partial charge is 0.305 e. The standard InChI is InChI=1S/C18H17FN4OS/c1-5-8-22-15-7-6-13(19)10-16(15)25-18(22)20-17(24)14-9-12(4)23(21-14)11(2)3/h1,6-7,9-11H,8H2,2-4H3. The van der Waals surface area contributed by atoms with Crippen molar-refractivity contribution in [2.24, 2.45) is 4.99 Å². The fourth-order valence-electron chi connectivity index (χ4n) is 2.64. The number of amides is 1. The molecule has 0 unspecified atom stereocenters. The van der Waals surface area contributed by atoms with Gasteiger partial charge in [0.05, 0.1) is 16.8 Å². The van der Waals surface area contributed by atoms with Gasteiger partial charge in [-0.05, 0) is 45.0 Å². The van der Waals surface area contributed by atoms with Crippen LogP contribution in [-0.2, 0) is 6.54 Å². The first-order valence-corrected chi connectivity index (χ1v) is 8.60. The van der Waals surface area contributed by atoms with Gasteiger partial charge in [0.15, 0.2) is 10.5 Å². The first-order chi connectivity index (χ1) is 11.9. The van der Waals surface area contributed by atoms with Crippen LogP contribution in [0.4, 0.5) is 4.39 Å². The van der Waals surface area contributed by atoms with Gasteiger partial charge in [-0.3, -0.25) is 9.48 Å². The lowest BCUT2D eigenvalue weighted by Crippen LogP contribution is -2.16. The first kappa shape index (κ1) is 17.1. The van der Waals surface area contributed by atoms with Crippen LogP contribution in [0.5, 0.6) is 0 Å². The topological polar surface area (TPSA) is 52.2 Å². The van der Waals surface area contributed by atoms with E-state index in [-0.39, 0.29) is 24.1 Å². The third kappa shape index (κ3) is 3.26. The second-order valence-corrected chi connectivity index (χ2v) is 6.92. The van der Waals surface area contributed by atoms with Crippen LogP contribution in [0.1, 0.15) is 36.1 Å². The summed E-state index contributed by atoms with van der Waals surface area (Å²) in [6.07, 6.45) is 5.43. The maximum absolute atomic E-state index is 13.5. The Balaban J connectivity index is 2.11. The summed E-state index contributed by atoms with van der Waals surface area (Å²) in [5.74, 6) is 1.76. The lowest BCUT2D eigenvalue weighted by Gasteiger charge is -2.06. The zero-order valence-electron chi connectivity index (χ0n) is 14.2. The first-order valence-electron chi connectivity index (χ1n) is 7.78. The highest BCUT2D eigenvalue weighted by atomic mass is 32.1. The van der Waals surface area contributed by atoms with Crippen molar-refractivity contribution >= 4 is 27.5 Å². The van der Waals surface area contributed by atoms with Crippen LogP contribution in [0.15, 0.2) is 29.3 Å². The Kier molecular flexibility index (Phi) is 4.55. The number of nitrogens with zero attached hydrogens (tertiary/aromatic N) is 4. The van der Waals surface area contributed by atoms with E-state index in [1.807, 2.05) is 20.8 Å². The number of terminal acetylenes is 1. The molecule has 1 amide bonds. The van der Waals surface area contributed by atoms with Crippen LogP contribution in [-0.4, -0.2) is 20.3 Å². The summed E-state index contributed by atoms with van der Waals surface area (Å²) in [5.41, 5.74) is 1.92. The highest BCUT2D eigenvalue weighted by Crippen LogP contribution is 2.19. The summed E-state index contributed by atoms with van der Waals surface area (Å²) in [7, 11) is 0. The van der Waals surface area contributed by atoms with E-state index in [2.05, 4.69) is 16.0 Å². The van der Waals surface area contributed by atoms with E-state index in [0.717, 1.165) is 11.2 Å². The second kappa shape index (κ2) is 6.65. The van der Waals surface area contributed by atoms with Gasteiger partial charge in [0, 0.05) is 11.7 Å². The van der Waals surface area contributed by atoms with Gasteiger partial charge in [-0.25, -0.2) is 4.39 Å². The number of rotatable bonds is 3. The zero-order chi connectivity index (χ0) is 18.1. The number of aryl methyl sites for hydroxylation is 1. The maximum Gasteiger partial charge on any atom is 0.300 e. The quantitative estimate of drug-likeness (QED) is 0.676. The number of carbonyl (C=O) groups excluding carboxylic acids is 1. The van der Waals surface area contributed by atoms with Crippen LogP contribution < -0.4 is 4.80 Å². The van der Waals surface area contributed by atoms with E-state index >= 15 is 0 Å². The Morgan fingerprint density at radius 1 is 1.44 bits per heavy atom. The molecular formula is C18H17FN4OS. The SMILES string of the molecule is C#CCn1c(=NC(=O)c2cc(C)n(C(C)C)n2)sc2cc(F)ccc21. The van der Waals surface area contributed by atoms with Gasteiger partial charge < -0.3 is 4.57 Å². The minimum Gasteiger partial charge on any atom is -0.305 e. The Morgan fingerprint density at radius 2 is 2.20 bits per heavy atom. The number of carbonyl (C=O) groups is 1. The molecule has 0 fully saturated rings. The van der Waals surface area contributed by atoms with E-state index in [0.29, 0.717) is 9.50 Å². The molecule has 0 radical (unpaired) electrons. The van der Waals surface area contributed by atoms with Crippen LogP contribution >= 0.6 is 11.3 Å². The Hall–Kier alpha value is -2.72. The molecule has 0 saturated heterocycles. The van der Waals surface area contributed by atoms with Gasteiger partial charge in [0.25, 0.3) is 5.91 Å². The predicted octanol–water partition coefficient (Wildman–Crippen LogP) is 3.30. The number of halogens is 1. The van der Waals surface area contributed by atoms with Crippen molar-refractivity contribution in [3.8, 4) is 12.3 Å². The molecule has 7 heteroatoms. The molecule has 5 nitrogen and oxygen atoms in total. The third-order valence-corrected chi connectivity index (χ3v) is 4.76. The van der Waals surface area contributed by atoms with Crippen LogP contribution in [0.25, 0.3) is 10.2 Å². The molecule has 0 atom stereocenters. The van der Waals surface area contributed by atoms with E-state index in [4.69, 9.17) is 6.42 Å². The van der Waals surface area contributed by atoms with Gasteiger partial charge in [-0.15, -0.1) is 6.42 Å². The van der Waals surface area contributed by atoms with Crippen molar-refractivity contribution in [3.05, 3.63) is 46.3 Å². The Morgan fingerprint density at radius 3 is 2.84 bits per heavy atom. The average molecular weight is 356 g/mol. The molecule has 2 aromatic heterocycles. The van der Waals surface area contributed by atoms with Crippen molar-refractivity contribution in [1.82, 2.24) is 14.3 Å². The van der Waals surface area contributed by atoms with E-state index in [1.165, 1.54) is 23.5 Å². The van der Waals surface area contributed by atoms with Gasteiger partial charge >= 0.3 is 0 Å². The van der Waals surface area contributed by atoms with Gasteiger partial charge in [0.2, 0.25) is 0 Å². The minimum absolute atomic E-state index is 0.153. The van der Waals surface area contributed by atoms with Crippen molar-refractivity contribution in [3.63, 3.8) is 0 Å². The van der Waals surface area contributed by atoms with Crippen LogP contribution in [0.2, 0.25) is 0 Å². The highest BCUT2D eigenvalue weighted by Gasteiger charge is 2.14. The summed E-state index contributed by atoms with van der Waals surface area (Å²) in [6, 6.07) is 6.28. The van der Waals surface area contributed by atoms with Crippen molar-refractivity contribution < 1.29 is 9.18 Å². The molecule has 0 aliphatic heterocycles. The normalized spacial score (nSPS) is 12.1. The average Bonchev–Trinajstić information content (AvgIpc) is 3.09. The molecule has 0 saturated carbocycles. The lowest BCUT2D eigenvalue weighted by molar-refractivity contribution is 0.0992. The van der Waals surface area contributed by atoms with Crippen LogP contribution in [0, 0.1) is 25.1 Å². The number of hydrogen-bond donors (Lipinski definition) is 0. The summed E-state index contributed by atoms with van der Waals surface area (Å²) >= 11 is 1.22. The van der Waals surface area contributed by atoms with E-state index in [1.54, 1.807) is 21.4 Å². The number of thiazole rings is 1. The molecule has 0 N–H and O–H groups in total. The van der Waals surface area contributed by atoms with Crippen LogP contribution in [0.3, 0.4) is 0 Å². The van der Waals surface area contributed by atoms with Gasteiger partial charge in [-0.1, -0.05) is 17.3 Å². The van der Waals surface area contributed by atoms with Crippen molar-refractivity contribution in [2.45, 2.75) is 33.4 Å². The summed E-state index contributed by atoms with van der Waals surface area (Å²) in [5, 5.41) is 4.32. The number of hydrogen-bond acceptors (Lipinski definition) is 3. The summed E-state index contributed by atoms with van der Waals surface area (Å²) < 4.78 is 17.6. The molecule has 25 heavy (non-hydrogen) atoms. The molecular weight excluding hydrogens is 339 g/mol. The molecule has 3 aromatic rings. The van der Waals surface area contributed by atoms with Gasteiger partial charge in [0.1, 0.15) is 5.82 Å². The number of fused-ring (bicyclic) bond motifs is 1. The Labute approximate surface area is 148 Å². The third-order valence-electron chi connectivity index (χ3n) is 3.72. The maximum atomic E-state index is 13.5. The molecule has 2 heterocycles. The number of benzene rings is 1. The molecule has 0 aliphatic rings. The molecule has 0 aliphatic carbocycles. The zero-order valence-corrected chi connectivity index (χ0v) is 15.0. The molecule has 128 valence electrons. The Bertz CT molecular complexity index is 1070. The molecule has 0 spiro atoms. The minimum atomic E-state index is -0.444. The number of aromatic nitrogens is 3. The lowest BCUT2D eigenvalue weighted by atomic mass is 10.3. The molecule has 3 rings (SSSR count). The summed E-state index contributed by atoms with van der Waals surface area (Å²) in [4.78, 5) is 17.1. The van der Waals surface area contributed by atoms with Gasteiger partial charge in [-0.2, -0.15) is 10.1 Å². The molecule has 1 aromatic carbocycles. The van der Waals surface area contributed by atoms with Crippen molar-refractivity contribution in [2.75, 3.05) is 0 Å². The highest BCUT2D eigenvalue weighted by molar-refractivity contribution is 7.16.